The van der Waals surface area contributed by atoms with Crippen LogP contribution >= 0.6 is 11.6 Å². The second-order valence-electron chi connectivity index (χ2n) is 3.96. The third kappa shape index (κ3) is 2.46. The summed E-state index contributed by atoms with van der Waals surface area (Å²) >= 11 is 5.90. The van der Waals surface area contributed by atoms with Crippen molar-refractivity contribution in [3.8, 4) is 0 Å². The van der Waals surface area contributed by atoms with Crippen molar-refractivity contribution in [3.05, 3.63) is 64.7 Å². The van der Waals surface area contributed by atoms with Gasteiger partial charge in [-0.3, -0.25) is 4.79 Å². The summed E-state index contributed by atoms with van der Waals surface area (Å²) < 4.78 is 0. The summed E-state index contributed by atoms with van der Waals surface area (Å²) in [5.41, 5.74) is 7.50. The lowest BCUT2D eigenvalue weighted by Crippen LogP contribution is -2.14. The van der Waals surface area contributed by atoms with Crippen molar-refractivity contribution in [1.29, 1.82) is 0 Å². The zero-order valence-corrected chi connectivity index (χ0v) is 10.3. The molecule has 0 amide bonds. The fraction of sp³-hybridized carbons (Fsp3) is 0.0714. The Morgan fingerprint density at radius 1 is 1.17 bits per heavy atom. The molecule has 92 valence electrons. The summed E-state index contributed by atoms with van der Waals surface area (Å²) in [5.74, 6) is -1.75. The van der Waals surface area contributed by atoms with E-state index in [1.165, 1.54) is 0 Å². The number of benzene rings is 2. The largest absolute Gasteiger partial charge is 0.481 e. The normalized spacial score (nSPS) is 12.1. The van der Waals surface area contributed by atoms with Gasteiger partial charge < -0.3 is 10.8 Å². The topological polar surface area (TPSA) is 63.3 Å². The van der Waals surface area contributed by atoms with Gasteiger partial charge in [0.2, 0.25) is 0 Å². The van der Waals surface area contributed by atoms with Gasteiger partial charge in [0.1, 0.15) is 5.92 Å². The highest BCUT2D eigenvalue weighted by molar-refractivity contribution is 6.30. The van der Waals surface area contributed by atoms with E-state index in [0.29, 0.717) is 21.8 Å². The number of hydrogen-bond donors (Lipinski definition) is 2. The Labute approximate surface area is 110 Å². The lowest BCUT2D eigenvalue weighted by molar-refractivity contribution is -0.137. The van der Waals surface area contributed by atoms with Crippen LogP contribution in [0.15, 0.2) is 48.5 Å². The smallest absolute Gasteiger partial charge is 0.315 e. The summed E-state index contributed by atoms with van der Waals surface area (Å²) in [5, 5.41) is 9.90. The number of carboxylic acid groups (broad SMARTS) is 1. The van der Waals surface area contributed by atoms with Crippen LogP contribution < -0.4 is 5.73 Å². The van der Waals surface area contributed by atoms with E-state index in [1.54, 1.807) is 48.5 Å². The van der Waals surface area contributed by atoms with Gasteiger partial charge in [-0.2, -0.15) is 0 Å². The highest BCUT2D eigenvalue weighted by atomic mass is 35.5. The molecule has 0 fully saturated rings. The van der Waals surface area contributed by atoms with Crippen LogP contribution in [0, 0.1) is 0 Å². The number of nitrogens with two attached hydrogens (primary N) is 1. The van der Waals surface area contributed by atoms with Gasteiger partial charge in [-0.05, 0) is 29.3 Å². The van der Waals surface area contributed by atoms with Crippen LogP contribution in [0.5, 0.6) is 0 Å². The molecule has 3 N–H and O–H groups in total. The van der Waals surface area contributed by atoms with Gasteiger partial charge in [0.25, 0.3) is 0 Å². The Bertz CT molecular complexity index is 584. The predicted octanol–water partition coefficient (Wildman–Crippen LogP) is 3.14. The van der Waals surface area contributed by atoms with E-state index in [1.807, 2.05) is 0 Å². The fourth-order valence-corrected chi connectivity index (χ4v) is 2.11. The molecule has 2 rings (SSSR count). The van der Waals surface area contributed by atoms with Gasteiger partial charge in [0.05, 0.1) is 0 Å². The van der Waals surface area contributed by atoms with Crippen LogP contribution in [-0.4, -0.2) is 11.1 Å². The number of halogens is 1. The Morgan fingerprint density at radius 3 is 2.50 bits per heavy atom. The Balaban J connectivity index is 2.54. The Kier molecular flexibility index (Phi) is 3.53. The monoisotopic (exact) mass is 261 g/mol. The minimum atomic E-state index is -0.949. The maximum Gasteiger partial charge on any atom is 0.315 e. The van der Waals surface area contributed by atoms with Crippen molar-refractivity contribution >= 4 is 23.3 Å². The standard InChI is InChI=1S/C14H12ClNO2/c15-10-5-3-4-9(8-10)13(14(17)18)11-6-1-2-7-12(11)16/h1-8,13H,16H2,(H,17,18). The number of anilines is 1. The van der Waals surface area contributed by atoms with Gasteiger partial charge in [-0.1, -0.05) is 41.9 Å². The van der Waals surface area contributed by atoms with Crippen molar-refractivity contribution in [1.82, 2.24) is 0 Å². The highest BCUT2D eigenvalue weighted by Crippen LogP contribution is 2.30. The first-order valence-corrected chi connectivity index (χ1v) is 5.80. The number of rotatable bonds is 3. The molecule has 0 saturated heterocycles. The molecule has 2 aromatic carbocycles. The average Bonchev–Trinajstić information content (AvgIpc) is 2.32. The van der Waals surface area contributed by atoms with Crippen molar-refractivity contribution < 1.29 is 9.90 Å². The first-order chi connectivity index (χ1) is 8.59. The molecule has 0 radical (unpaired) electrons. The van der Waals surface area contributed by atoms with E-state index in [0.717, 1.165) is 0 Å². The van der Waals surface area contributed by atoms with Crippen LogP contribution in [-0.2, 0) is 4.79 Å². The van der Waals surface area contributed by atoms with E-state index in [9.17, 15) is 9.90 Å². The third-order valence-corrected chi connectivity index (χ3v) is 2.97. The van der Waals surface area contributed by atoms with Crippen LogP contribution in [0.25, 0.3) is 0 Å². The number of carbonyl (C=O) groups is 1. The molecular formula is C14H12ClNO2. The van der Waals surface area contributed by atoms with Gasteiger partial charge in [0.15, 0.2) is 0 Å². The van der Waals surface area contributed by atoms with Crippen LogP contribution in [0.2, 0.25) is 5.02 Å². The molecule has 0 heterocycles. The number of hydrogen-bond acceptors (Lipinski definition) is 2. The van der Waals surface area contributed by atoms with Crippen molar-refractivity contribution in [2.45, 2.75) is 5.92 Å². The molecular weight excluding hydrogens is 250 g/mol. The Hall–Kier alpha value is -2.00. The Morgan fingerprint density at radius 2 is 1.89 bits per heavy atom. The summed E-state index contributed by atoms with van der Waals surface area (Å²) in [6.45, 7) is 0. The van der Waals surface area contributed by atoms with E-state index in [2.05, 4.69) is 0 Å². The van der Waals surface area contributed by atoms with Crippen LogP contribution in [0.4, 0.5) is 5.69 Å². The van der Waals surface area contributed by atoms with Crippen molar-refractivity contribution in [2.75, 3.05) is 5.73 Å². The van der Waals surface area contributed by atoms with Gasteiger partial charge in [0, 0.05) is 10.7 Å². The van der Waals surface area contributed by atoms with E-state index >= 15 is 0 Å². The van der Waals surface area contributed by atoms with Gasteiger partial charge >= 0.3 is 5.97 Å². The summed E-state index contributed by atoms with van der Waals surface area (Å²) in [4.78, 5) is 11.5. The van der Waals surface area contributed by atoms with Crippen LogP contribution in [0.3, 0.4) is 0 Å². The second kappa shape index (κ2) is 5.10. The molecule has 0 aromatic heterocycles. The molecule has 0 aliphatic rings. The molecule has 0 spiro atoms. The lowest BCUT2D eigenvalue weighted by Gasteiger charge is -2.15. The number of carboxylic acids is 1. The fourth-order valence-electron chi connectivity index (χ4n) is 1.92. The highest BCUT2D eigenvalue weighted by Gasteiger charge is 2.23. The van der Waals surface area contributed by atoms with Gasteiger partial charge in [-0.15, -0.1) is 0 Å². The number of aliphatic carboxylic acids is 1. The summed E-state index contributed by atoms with van der Waals surface area (Å²) in [6, 6.07) is 13.8. The average molecular weight is 262 g/mol. The summed E-state index contributed by atoms with van der Waals surface area (Å²) in [6.07, 6.45) is 0. The maximum absolute atomic E-state index is 11.5. The lowest BCUT2D eigenvalue weighted by atomic mass is 9.90. The molecule has 0 aliphatic carbocycles. The van der Waals surface area contributed by atoms with E-state index in [4.69, 9.17) is 17.3 Å². The second-order valence-corrected chi connectivity index (χ2v) is 4.39. The predicted molar refractivity (Wildman–Crippen MR) is 71.8 cm³/mol. The zero-order chi connectivity index (χ0) is 13.1. The minimum Gasteiger partial charge on any atom is -0.481 e. The molecule has 0 bridgehead atoms. The van der Waals surface area contributed by atoms with Crippen LogP contribution in [0.1, 0.15) is 17.0 Å². The third-order valence-electron chi connectivity index (χ3n) is 2.74. The molecule has 18 heavy (non-hydrogen) atoms. The molecule has 4 heteroatoms. The first-order valence-electron chi connectivity index (χ1n) is 5.42. The SMILES string of the molecule is Nc1ccccc1C(C(=O)O)c1cccc(Cl)c1. The maximum atomic E-state index is 11.5. The molecule has 0 saturated carbocycles. The van der Waals surface area contributed by atoms with Crippen molar-refractivity contribution in [3.63, 3.8) is 0 Å². The summed E-state index contributed by atoms with van der Waals surface area (Å²) in [7, 11) is 0. The number of nitrogen functional groups attached to an aromatic ring is 1. The van der Waals surface area contributed by atoms with Gasteiger partial charge in [-0.25, -0.2) is 0 Å². The minimum absolute atomic E-state index is 0.463. The number of para-hydroxylation sites is 1. The molecule has 2 aromatic rings. The zero-order valence-electron chi connectivity index (χ0n) is 9.51. The van der Waals surface area contributed by atoms with E-state index in [-0.39, 0.29) is 0 Å². The molecule has 1 atom stereocenters. The quantitative estimate of drug-likeness (QED) is 0.835. The molecule has 0 aliphatic heterocycles. The first kappa shape index (κ1) is 12.5. The molecule has 1 unspecified atom stereocenters. The van der Waals surface area contributed by atoms with E-state index < -0.39 is 11.9 Å². The molecule has 3 nitrogen and oxygen atoms in total. The van der Waals surface area contributed by atoms with Crippen molar-refractivity contribution in [2.24, 2.45) is 0 Å².